The Labute approximate surface area is 77.7 Å². The van der Waals surface area contributed by atoms with Gasteiger partial charge in [0.1, 0.15) is 0 Å². The molecule has 72 valence electrons. The lowest BCUT2D eigenvalue weighted by molar-refractivity contribution is 0.376. The van der Waals surface area contributed by atoms with Gasteiger partial charge in [0.2, 0.25) is 5.89 Å². The van der Waals surface area contributed by atoms with Crippen molar-refractivity contribution >= 4 is 5.95 Å². The van der Waals surface area contributed by atoms with Crippen molar-refractivity contribution in [1.29, 1.82) is 0 Å². The van der Waals surface area contributed by atoms with Gasteiger partial charge in [-0.1, -0.05) is 6.92 Å². The van der Waals surface area contributed by atoms with Gasteiger partial charge < -0.3 is 9.84 Å². The average Bonchev–Trinajstić information content (AvgIpc) is 2.60. The zero-order chi connectivity index (χ0) is 9.42. The minimum atomic E-state index is 0.349. The first-order chi connectivity index (χ1) is 6.16. The summed E-state index contributed by atoms with van der Waals surface area (Å²) in [7, 11) is 0. The Bertz CT molecular complexity index is 295. The second-order valence-electron chi connectivity index (χ2n) is 4.07. The van der Waals surface area contributed by atoms with Crippen LogP contribution in [0.2, 0.25) is 0 Å². The van der Waals surface area contributed by atoms with Gasteiger partial charge in [-0.3, -0.25) is 0 Å². The molecule has 2 unspecified atom stereocenters. The van der Waals surface area contributed by atoms with E-state index in [1.165, 1.54) is 6.42 Å². The largest absolute Gasteiger partial charge is 0.349 e. The number of nitrogens with zero attached hydrogens (tertiary/aromatic N) is 2. The van der Waals surface area contributed by atoms with Crippen LogP contribution in [0.4, 0.5) is 5.95 Å². The van der Waals surface area contributed by atoms with Crippen LogP contribution in [0.3, 0.4) is 0 Å². The van der Waals surface area contributed by atoms with Gasteiger partial charge in [0.15, 0.2) is 0 Å². The highest BCUT2D eigenvalue weighted by molar-refractivity contribution is 5.24. The number of hydrogen-bond acceptors (Lipinski definition) is 4. The van der Waals surface area contributed by atoms with Crippen LogP contribution in [0, 0.1) is 5.92 Å². The predicted molar refractivity (Wildman–Crippen MR) is 49.6 cm³/mol. The van der Waals surface area contributed by atoms with Gasteiger partial charge >= 0.3 is 0 Å². The van der Waals surface area contributed by atoms with Crippen molar-refractivity contribution in [3.63, 3.8) is 0 Å². The van der Waals surface area contributed by atoms with E-state index in [4.69, 9.17) is 4.52 Å². The molecule has 2 atom stereocenters. The molecular formula is C9H15N3O. The summed E-state index contributed by atoms with van der Waals surface area (Å²) in [4.78, 5) is 4.27. The molecule has 1 fully saturated rings. The highest BCUT2D eigenvalue weighted by Gasteiger charge is 2.38. The van der Waals surface area contributed by atoms with Gasteiger partial charge in [-0.15, -0.1) is 0 Å². The number of rotatable bonds is 3. The maximum Gasteiger partial charge on any atom is 0.263 e. The van der Waals surface area contributed by atoms with E-state index in [-0.39, 0.29) is 0 Å². The van der Waals surface area contributed by atoms with E-state index in [2.05, 4.69) is 36.2 Å². The molecular weight excluding hydrogens is 166 g/mol. The van der Waals surface area contributed by atoms with Crippen LogP contribution in [0.1, 0.15) is 39.0 Å². The maximum atomic E-state index is 5.14. The minimum absolute atomic E-state index is 0.349. The van der Waals surface area contributed by atoms with Crippen molar-refractivity contribution in [2.75, 3.05) is 5.32 Å². The molecule has 1 aliphatic carbocycles. The van der Waals surface area contributed by atoms with Gasteiger partial charge in [0, 0.05) is 12.0 Å². The Hall–Kier alpha value is -1.06. The Morgan fingerprint density at radius 2 is 2.23 bits per heavy atom. The van der Waals surface area contributed by atoms with E-state index in [9.17, 15) is 0 Å². The fraction of sp³-hybridized carbons (Fsp3) is 0.778. The molecule has 1 N–H and O–H groups in total. The quantitative estimate of drug-likeness (QED) is 0.775. The third-order valence-electron chi connectivity index (χ3n) is 2.29. The highest BCUT2D eigenvalue weighted by atomic mass is 16.5. The zero-order valence-electron chi connectivity index (χ0n) is 8.24. The first-order valence-electron chi connectivity index (χ1n) is 4.77. The van der Waals surface area contributed by atoms with Crippen LogP contribution >= 0.6 is 0 Å². The van der Waals surface area contributed by atoms with Gasteiger partial charge in [-0.25, -0.2) is 0 Å². The average molecular weight is 181 g/mol. The van der Waals surface area contributed by atoms with E-state index >= 15 is 0 Å². The zero-order valence-corrected chi connectivity index (χ0v) is 8.24. The molecule has 4 heteroatoms. The third kappa shape index (κ3) is 1.82. The monoisotopic (exact) mass is 181 g/mol. The Morgan fingerprint density at radius 1 is 1.54 bits per heavy atom. The van der Waals surface area contributed by atoms with Crippen LogP contribution < -0.4 is 5.32 Å². The van der Waals surface area contributed by atoms with Crippen LogP contribution in [-0.2, 0) is 0 Å². The Balaban J connectivity index is 2.01. The van der Waals surface area contributed by atoms with E-state index in [0.717, 1.165) is 5.89 Å². The van der Waals surface area contributed by atoms with Crippen molar-refractivity contribution < 1.29 is 4.52 Å². The predicted octanol–water partition coefficient (Wildman–Crippen LogP) is 2.01. The molecule has 0 aliphatic heterocycles. The van der Waals surface area contributed by atoms with Crippen LogP contribution in [0.15, 0.2) is 4.52 Å². The summed E-state index contributed by atoms with van der Waals surface area (Å²) in [5, 5.41) is 6.96. The Kier molecular flexibility index (Phi) is 1.98. The van der Waals surface area contributed by atoms with Gasteiger partial charge in [-0.05, 0) is 31.3 Å². The van der Waals surface area contributed by atoms with E-state index in [1.807, 2.05) is 0 Å². The van der Waals surface area contributed by atoms with Crippen LogP contribution in [0.25, 0.3) is 0 Å². The molecule has 1 aromatic rings. The van der Waals surface area contributed by atoms with E-state index in [1.54, 1.807) is 0 Å². The molecule has 0 aromatic carbocycles. The summed E-state index contributed by atoms with van der Waals surface area (Å²) in [6.07, 6.45) is 1.18. The molecule has 2 rings (SSSR count). The van der Waals surface area contributed by atoms with Gasteiger partial charge in [0.05, 0.1) is 0 Å². The summed E-state index contributed by atoms with van der Waals surface area (Å²) in [6.45, 7) is 6.30. The first-order valence-corrected chi connectivity index (χ1v) is 4.77. The van der Waals surface area contributed by atoms with Gasteiger partial charge in [-0.2, -0.15) is 4.98 Å². The fourth-order valence-corrected chi connectivity index (χ4v) is 1.37. The smallest absolute Gasteiger partial charge is 0.263 e. The number of nitrogens with one attached hydrogen (secondary N) is 1. The second-order valence-corrected chi connectivity index (χ2v) is 4.07. The van der Waals surface area contributed by atoms with Gasteiger partial charge in [0.25, 0.3) is 5.95 Å². The van der Waals surface area contributed by atoms with Crippen molar-refractivity contribution in [3.05, 3.63) is 5.89 Å². The second kappa shape index (κ2) is 3.01. The summed E-state index contributed by atoms with van der Waals surface area (Å²) in [6, 6.07) is 0.349. The normalized spacial score (nSPS) is 26.5. The minimum Gasteiger partial charge on any atom is -0.349 e. The Morgan fingerprint density at radius 3 is 2.77 bits per heavy atom. The molecule has 0 amide bonds. The standard InChI is InChI=1S/C9H15N3O/c1-5(2)10-9-11-8(13-12-9)7-4-6(7)3/h5-7H,4H2,1-3H3,(H,10,12). The third-order valence-corrected chi connectivity index (χ3v) is 2.29. The lowest BCUT2D eigenvalue weighted by atomic mass is 10.3. The molecule has 0 bridgehead atoms. The molecule has 1 heterocycles. The molecule has 0 saturated heterocycles. The summed E-state index contributed by atoms with van der Waals surface area (Å²) in [5.74, 6) is 2.63. The van der Waals surface area contributed by atoms with E-state index in [0.29, 0.717) is 23.8 Å². The number of anilines is 1. The van der Waals surface area contributed by atoms with Crippen molar-refractivity contribution in [2.24, 2.45) is 5.92 Å². The lowest BCUT2D eigenvalue weighted by Crippen LogP contribution is -2.10. The summed E-state index contributed by atoms with van der Waals surface area (Å²) in [5.41, 5.74) is 0. The van der Waals surface area contributed by atoms with Crippen LogP contribution in [0.5, 0.6) is 0 Å². The first kappa shape index (κ1) is 8.53. The molecule has 1 aliphatic rings. The topological polar surface area (TPSA) is 51.0 Å². The molecule has 1 aromatic heterocycles. The molecule has 0 spiro atoms. The van der Waals surface area contributed by atoms with Crippen molar-refractivity contribution in [3.8, 4) is 0 Å². The van der Waals surface area contributed by atoms with Crippen LogP contribution in [-0.4, -0.2) is 16.2 Å². The van der Waals surface area contributed by atoms with Crippen molar-refractivity contribution in [2.45, 2.75) is 39.2 Å². The summed E-state index contributed by atoms with van der Waals surface area (Å²) >= 11 is 0. The molecule has 13 heavy (non-hydrogen) atoms. The number of aromatic nitrogens is 2. The van der Waals surface area contributed by atoms with E-state index < -0.39 is 0 Å². The maximum absolute atomic E-state index is 5.14. The summed E-state index contributed by atoms with van der Waals surface area (Å²) < 4.78 is 5.14. The number of hydrogen-bond donors (Lipinski definition) is 1. The fourth-order valence-electron chi connectivity index (χ4n) is 1.37. The highest BCUT2D eigenvalue weighted by Crippen LogP contribution is 2.46. The molecule has 1 saturated carbocycles. The SMILES string of the molecule is CC(C)Nc1noc(C2CC2C)n1. The van der Waals surface area contributed by atoms with Crippen molar-refractivity contribution in [1.82, 2.24) is 10.1 Å². The lowest BCUT2D eigenvalue weighted by Gasteiger charge is -2.01. The molecule has 0 radical (unpaired) electrons. The molecule has 4 nitrogen and oxygen atoms in total.